The summed E-state index contributed by atoms with van der Waals surface area (Å²) in [6.07, 6.45) is 1.13. The third-order valence-corrected chi connectivity index (χ3v) is 5.31. The standard InChI is InChI=1S/C22H30N4O2/c1-16(14-26-18(3)11-17(2)24-26)13-23-22(28)20-12-21(27)25(15-20)10-9-19-7-5-4-6-8-19/h4-8,11,16,20H,9-10,12-15H2,1-3H3,(H,23,28)/t16-,20+/m0/s1. The lowest BCUT2D eigenvalue weighted by Crippen LogP contribution is -2.36. The topological polar surface area (TPSA) is 67.2 Å². The van der Waals surface area contributed by atoms with Crippen molar-refractivity contribution in [3.05, 3.63) is 53.3 Å². The van der Waals surface area contributed by atoms with E-state index < -0.39 is 0 Å². The quantitative estimate of drug-likeness (QED) is 0.762. The maximum absolute atomic E-state index is 12.5. The Hall–Kier alpha value is -2.63. The van der Waals surface area contributed by atoms with E-state index in [2.05, 4.69) is 35.5 Å². The number of amides is 2. The van der Waals surface area contributed by atoms with E-state index in [9.17, 15) is 9.59 Å². The summed E-state index contributed by atoms with van der Waals surface area (Å²) >= 11 is 0. The Morgan fingerprint density at radius 1 is 1.29 bits per heavy atom. The number of rotatable bonds is 8. The molecule has 6 nitrogen and oxygen atoms in total. The van der Waals surface area contributed by atoms with Gasteiger partial charge in [0.05, 0.1) is 11.6 Å². The largest absolute Gasteiger partial charge is 0.355 e. The average molecular weight is 383 g/mol. The van der Waals surface area contributed by atoms with E-state index in [1.165, 1.54) is 5.56 Å². The highest BCUT2D eigenvalue weighted by atomic mass is 16.2. The SMILES string of the molecule is Cc1cc(C)n(C[C@@H](C)CNC(=O)[C@@H]2CC(=O)N(CCc3ccccc3)C2)n1. The van der Waals surface area contributed by atoms with Gasteiger partial charge >= 0.3 is 0 Å². The molecule has 0 aliphatic carbocycles. The first-order valence-corrected chi connectivity index (χ1v) is 10.0. The summed E-state index contributed by atoms with van der Waals surface area (Å²) in [5, 5.41) is 7.50. The third-order valence-electron chi connectivity index (χ3n) is 5.31. The van der Waals surface area contributed by atoms with Gasteiger partial charge in [0, 0.05) is 38.3 Å². The highest BCUT2D eigenvalue weighted by Crippen LogP contribution is 2.18. The second kappa shape index (κ2) is 9.04. The summed E-state index contributed by atoms with van der Waals surface area (Å²) in [6.45, 7) is 8.67. The molecule has 1 aromatic heterocycles. The molecule has 1 saturated heterocycles. The van der Waals surface area contributed by atoms with Crippen LogP contribution >= 0.6 is 0 Å². The fraction of sp³-hybridized carbons (Fsp3) is 0.500. The van der Waals surface area contributed by atoms with Crippen molar-refractivity contribution in [3.8, 4) is 0 Å². The fourth-order valence-corrected chi connectivity index (χ4v) is 3.71. The zero-order valence-corrected chi connectivity index (χ0v) is 17.0. The van der Waals surface area contributed by atoms with Crippen molar-refractivity contribution in [1.82, 2.24) is 20.0 Å². The molecule has 1 fully saturated rings. The van der Waals surface area contributed by atoms with Crippen LogP contribution in [-0.4, -0.2) is 46.1 Å². The predicted molar refractivity (Wildman–Crippen MR) is 109 cm³/mol. The van der Waals surface area contributed by atoms with Crippen LogP contribution in [0.4, 0.5) is 0 Å². The lowest BCUT2D eigenvalue weighted by atomic mass is 10.1. The van der Waals surface area contributed by atoms with Crippen molar-refractivity contribution in [2.75, 3.05) is 19.6 Å². The first kappa shape index (κ1) is 20.1. The van der Waals surface area contributed by atoms with Crippen molar-refractivity contribution in [1.29, 1.82) is 0 Å². The van der Waals surface area contributed by atoms with Gasteiger partial charge in [0.2, 0.25) is 11.8 Å². The Labute approximate surface area is 166 Å². The zero-order valence-electron chi connectivity index (χ0n) is 17.0. The van der Waals surface area contributed by atoms with Crippen LogP contribution in [0, 0.1) is 25.7 Å². The normalized spacial score (nSPS) is 17.8. The van der Waals surface area contributed by atoms with Crippen LogP contribution in [0.25, 0.3) is 0 Å². The smallest absolute Gasteiger partial charge is 0.225 e. The maximum Gasteiger partial charge on any atom is 0.225 e. The first-order chi connectivity index (χ1) is 13.4. The van der Waals surface area contributed by atoms with Crippen LogP contribution in [-0.2, 0) is 22.6 Å². The number of likely N-dealkylation sites (tertiary alicyclic amines) is 1. The maximum atomic E-state index is 12.5. The van der Waals surface area contributed by atoms with E-state index in [0.717, 1.165) is 24.4 Å². The van der Waals surface area contributed by atoms with Crippen molar-refractivity contribution >= 4 is 11.8 Å². The minimum atomic E-state index is -0.246. The van der Waals surface area contributed by atoms with Gasteiger partial charge in [-0.3, -0.25) is 14.3 Å². The highest BCUT2D eigenvalue weighted by Gasteiger charge is 2.33. The molecular formula is C22H30N4O2. The number of aryl methyl sites for hydroxylation is 2. The second-order valence-corrected chi connectivity index (χ2v) is 7.94. The molecule has 6 heteroatoms. The van der Waals surface area contributed by atoms with E-state index >= 15 is 0 Å². The van der Waals surface area contributed by atoms with E-state index in [1.807, 2.05) is 41.6 Å². The van der Waals surface area contributed by atoms with Crippen LogP contribution in [0.15, 0.2) is 36.4 Å². The monoisotopic (exact) mass is 382 g/mol. The Balaban J connectivity index is 1.43. The average Bonchev–Trinajstić information content (AvgIpc) is 3.20. The first-order valence-electron chi connectivity index (χ1n) is 10.0. The molecule has 2 heterocycles. The van der Waals surface area contributed by atoms with Gasteiger partial charge in [0.25, 0.3) is 0 Å². The molecule has 0 radical (unpaired) electrons. The van der Waals surface area contributed by atoms with Crippen LogP contribution in [0.5, 0.6) is 0 Å². The van der Waals surface area contributed by atoms with Crippen molar-refractivity contribution in [2.24, 2.45) is 11.8 Å². The van der Waals surface area contributed by atoms with Gasteiger partial charge in [-0.25, -0.2) is 0 Å². The second-order valence-electron chi connectivity index (χ2n) is 7.94. The molecule has 150 valence electrons. The molecule has 0 unspecified atom stereocenters. The van der Waals surface area contributed by atoms with Crippen LogP contribution < -0.4 is 5.32 Å². The van der Waals surface area contributed by atoms with Gasteiger partial charge in [0.15, 0.2) is 0 Å². The van der Waals surface area contributed by atoms with Crippen molar-refractivity contribution in [2.45, 2.75) is 40.2 Å². The molecular weight excluding hydrogens is 352 g/mol. The fourth-order valence-electron chi connectivity index (χ4n) is 3.71. The predicted octanol–water partition coefficient (Wildman–Crippen LogP) is 2.34. The van der Waals surface area contributed by atoms with Gasteiger partial charge < -0.3 is 10.2 Å². The van der Waals surface area contributed by atoms with Crippen molar-refractivity contribution < 1.29 is 9.59 Å². The molecule has 2 amide bonds. The number of carbonyl (C=O) groups excluding carboxylic acids is 2. The summed E-state index contributed by atoms with van der Waals surface area (Å²) in [7, 11) is 0. The van der Waals surface area contributed by atoms with E-state index in [0.29, 0.717) is 26.1 Å². The summed E-state index contributed by atoms with van der Waals surface area (Å²) in [5.74, 6) is 0.0833. The minimum absolute atomic E-state index is 0.0178. The molecule has 1 aliphatic heterocycles. The number of aromatic nitrogens is 2. The molecule has 1 N–H and O–H groups in total. The zero-order chi connectivity index (χ0) is 20.1. The van der Waals surface area contributed by atoms with Gasteiger partial charge in [-0.05, 0) is 37.8 Å². The van der Waals surface area contributed by atoms with E-state index in [-0.39, 0.29) is 23.7 Å². The van der Waals surface area contributed by atoms with E-state index in [1.54, 1.807) is 0 Å². The van der Waals surface area contributed by atoms with Crippen molar-refractivity contribution in [3.63, 3.8) is 0 Å². The Morgan fingerprint density at radius 3 is 2.71 bits per heavy atom. The third kappa shape index (κ3) is 5.21. The molecule has 1 aromatic carbocycles. The molecule has 2 atom stereocenters. The Bertz CT molecular complexity index is 815. The summed E-state index contributed by atoms with van der Waals surface area (Å²) in [5.41, 5.74) is 3.35. The van der Waals surface area contributed by atoms with Crippen LogP contribution in [0.1, 0.15) is 30.3 Å². The van der Waals surface area contributed by atoms with Gasteiger partial charge in [-0.2, -0.15) is 5.10 Å². The number of hydrogen-bond acceptors (Lipinski definition) is 3. The number of benzene rings is 1. The molecule has 1 aliphatic rings. The molecule has 28 heavy (non-hydrogen) atoms. The van der Waals surface area contributed by atoms with Gasteiger partial charge in [-0.1, -0.05) is 37.3 Å². The minimum Gasteiger partial charge on any atom is -0.355 e. The molecule has 2 aromatic rings. The number of nitrogens with zero attached hydrogens (tertiary/aromatic N) is 3. The molecule has 0 saturated carbocycles. The Kier molecular flexibility index (Phi) is 6.49. The lowest BCUT2D eigenvalue weighted by molar-refractivity contribution is -0.129. The van der Waals surface area contributed by atoms with Gasteiger partial charge in [0.1, 0.15) is 0 Å². The Morgan fingerprint density at radius 2 is 2.04 bits per heavy atom. The van der Waals surface area contributed by atoms with Crippen LogP contribution in [0.2, 0.25) is 0 Å². The number of hydrogen-bond donors (Lipinski definition) is 1. The lowest BCUT2D eigenvalue weighted by Gasteiger charge is -2.18. The summed E-state index contributed by atoms with van der Waals surface area (Å²) < 4.78 is 1.98. The summed E-state index contributed by atoms with van der Waals surface area (Å²) in [4.78, 5) is 26.6. The molecule has 0 spiro atoms. The van der Waals surface area contributed by atoms with Crippen LogP contribution in [0.3, 0.4) is 0 Å². The summed E-state index contributed by atoms with van der Waals surface area (Å²) in [6, 6.07) is 12.2. The van der Waals surface area contributed by atoms with E-state index in [4.69, 9.17) is 0 Å². The highest BCUT2D eigenvalue weighted by molar-refractivity contribution is 5.89. The number of nitrogens with one attached hydrogen (secondary N) is 1. The number of carbonyl (C=O) groups is 2. The molecule has 0 bridgehead atoms. The molecule has 3 rings (SSSR count). The van der Waals surface area contributed by atoms with Gasteiger partial charge in [-0.15, -0.1) is 0 Å².